The molecule has 1 aromatic rings. The fourth-order valence-electron chi connectivity index (χ4n) is 3.48. The van der Waals surface area contributed by atoms with Crippen molar-refractivity contribution >= 4 is 17.7 Å². The predicted octanol–water partition coefficient (Wildman–Crippen LogP) is 2.19. The normalized spacial score (nSPS) is 18.4. The van der Waals surface area contributed by atoms with Gasteiger partial charge in [-0.25, -0.2) is 4.79 Å². The number of nitrogens with one attached hydrogen (secondary N) is 2. The third-order valence-electron chi connectivity index (χ3n) is 5.14. The van der Waals surface area contributed by atoms with E-state index in [9.17, 15) is 14.4 Å². The van der Waals surface area contributed by atoms with Gasteiger partial charge in [0.05, 0.1) is 6.54 Å². The van der Waals surface area contributed by atoms with Gasteiger partial charge in [0.2, 0.25) is 5.91 Å². The van der Waals surface area contributed by atoms with E-state index < -0.39 is 6.03 Å². The molecular weight excluding hydrogens is 330 g/mol. The number of carbonyl (C=O) groups is 3. The summed E-state index contributed by atoms with van der Waals surface area (Å²) in [6, 6.07) is 5.77. The summed E-state index contributed by atoms with van der Waals surface area (Å²) < 4.78 is 0. The monoisotopic (exact) mass is 357 g/mol. The number of Topliss-reactive ketones (excluding diaryl/α,β-unsaturated/α-hetero) is 1. The van der Waals surface area contributed by atoms with Gasteiger partial charge in [-0.05, 0) is 58.2 Å². The molecule has 0 atom stereocenters. The van der Waals surface area contributed by atoms with Crippen LogP contribution < -0.4 is 10.6 Å². The number of carbonyl (C=O) groups excluding carboxylic acids is 3. The highest BCUT2D eigenvalue weighted by atomic mass is 16.2. The molecule has 140 valence electrons. The Morgan fingerprint density at radius 2 is 1.77 bits per heavy atom. The highest BCUT2D eigenvalue weighted by molar-refractivity contribution is 5.99. The van der Waals surface area contributed by atoms with E-state index in [1.54, 1.807) is 0 Å². The number of aryl methyl sites for hydroxylation is 2. The summed E-state index contributed by atoms with van der Waals surface area (Å²) in [6.07, 6.45) is 3.47. The number of benzene rings is 1. The topological polar surface area (TPSA) is 78.5 Å². The number of amides is 3. The van der Waals surface area contributed by atoms with Crippen molar-refractivity contribution in [2.24, 2.45) is 5.92 Å². The zero-order valence-electron chi connectivity index (χ0n) is 15.5. The van der Waals surface area contributed by atoms with Crippen LogP contribution in [0.3, 0.4) is 0 Å². The van der Waals surface area contributed by atoms with Gasteiger partial charge in [0.1, 0.15) is 0 Å². The van der Waals surface area contributed by atoms with Gasteiger partial charge in [0, 0.05) is 17.5 Å². The smallest absolute Gasteiger partial charge is 0.321 e. The van der Waals surface area contributed by atoms with Crippen LogP contribution in [0.5, 0.6) is 0 Å². The Labute approximate surface area is 154 Å². The lowest BCUT2D eigenvalue weighted by Crippen LogP contribution is -2.47. The third kappa shape index (κ3) is 4.91. The number of hydrogen-bond acceptors (Lipinski definition) is 4. The lowest BCUT2D eigenvalue weighted by atomic mass is 9.87. The first kappa shape index (κ1) is 18.6. The lowest BCUT2D eigenvalue weighted by molar-refractivity contribution is -0.121. The number of hydrogen-bond donors (Lipinski definition) is 2. The zero-order valence-corrected chi connectivity index (χ0v) is 15.5. The Morgan fingerprint density at radius 1 is 1.08 bits per heavy atom. The fraction of sp³-hybridized carbons (Fsp3) is 0.550. The van der Waals surface area contributed by atoms with E-state index in [-0.39, 0.29) is 30.2 Å². The van der Waals surface area contributed by atoms with Crippen molar-refractivity contribution in [2.75, 3.05) is 19.6 Å². The van der Waals surface area contributed by atoms with Crippen LogP contribution in [0.4, 0.5) is 4.79 Å². The molecule has 1 saturated carbocycles. The van der Waals surface area contributed by atoms with Crippen LogP contribution in [0.1, 0.15) is 47.2 Å². The van der Waals surface area contributed by atoms with Gasteiger partial charge in [-0.15, -0.1) is 0 Å². The Hall–Kier alpha value is -2.21. The van der Waals surface area contributed by atoms with Crippen molar-refractivity contribution in [3.8, 4) is 0 Å². The molecule has 2 fully saturated rings. The minimum absolute atomic E-state index is 0.00822. The van der Waals surface area contributed by atoms with Gasteiger partial charge >= 0.3 is 6.03 Å². The van der Waals surface area contributed by atoms with Crippen molar-refractivity contribution in [2.45, 2.75) is 45.6 Å². The van der Waals surface area contributed by atoms with Gasteiger partial charge in [0.25, 0.3) is 0 Å². The zero-order chi connectivity index (χ0) is 18.7. The molecule has 0 bridgehead atoms. The van der Waals surface area contributed by atoms with Gasteiger partial charge in [-0.3, -0.25) is 19.8 Å². The van der Waals surface area contributed by atoms with Gasteiger partial charge in [0.15, 0.2) is 5.78 Å². The second-order valence-corrected chi connectivity index (χ2v) is 7.53. The van der Waals surface area contributed by atoms with Gasteiger partial charge < -0.3 is 5.32 Å². The molecule has 2 aliphatic rings. The van der Waals surface area contributed by atoms with Crippen LogP contribution in [0, 0.1) is 19.8 Å². The number of likely N-dealkylation sites (tertiary alicyclic amines) is 1. The van der Waals surface area contributed by atoms with Crippen molar-refractivity contribution < 1.29 is 14.4 Å². The fourth-order valence-corrected chi connectivity index (χ4v) is 3.48. The summed E-state index contributed by atoms with van der Waals surface area (Å²) in [7, 11) is 0. The maximum Gasteiger partial charge on any atom is 0.321 e. The van der Waals surface area contributed by atoms with Crippen LogP contribution >= 0.6 is 0 Å². The number of urea groups is 1. The summed E-state index contributed by atoms with van der Waals surface area (Å²) >= 11 is 0. The SMILES string of the molecule is Cc1ccc(C(=O)C2CCN(CC(=O)NC(=O)NC3CC3)CC2)c(C)c1. The number of rotatable bonds is 5. The number of nitrogens with zero attached hydrogens (tertiary/aromatic N) is 1. The highest BCUT2D eigenvalue weighted by Gasteiger charge is 2.28. The summed E-state index contributed by atoms with van der Waals surface area (Å²) in [5, 5.41) is 5.11. The summed E-state index contributed by atoms with van der Waals surface area (Å²) in [5.41, 5.74) is 2.99. The van der Waals surface area contributed by atoms with Crippen molar-refractivity contribution in [3.63, 3.8) is 0 Å². The molecular formula is C20H27N3O3. The predicted molar refractivity (Wildman–Crippen MR) is 99.1 cm³/mol. The first-order chi connectivity index (χ1) is 12.4. The first-order valence-electron chi connectivity index (χ1n) is 9.36. The minimum atomic E-state index is -0.405. The van der Waals surface area contributed by atoms with Gasteiger partial charge in [-0.2, -0.15) is 0 Å². The Balaban J connectivity index is 1.45. The summed E-state index contributed by atoms with van der Waals surface area (Å²) in [4.78, 5) is 38.3. The first-order valence-corrected chi connectivity index (χ1v) is 9.36. The summed E-state index contributed by atoms with van der Waals surface area (Å²) in [5.74, 6) is -0.0772. The minimum Gasteiger partial charge on any atom is -0.335 e. The second kappa shape index (κ2) is 7.99. The van der Waals surface area contributed by atoms with Crippen molar-refractivity contribution in [1.29, 1.82) is 0 Å². The number of imide groups is 1. The molecule has 1 aliphatic heterocycles. The van der Waals surface area contributed by atoms with Crippen LogP contribution in [0.2, 0.25) is 0 Å². The molecule has 0 spiro atoms. The molecule has 26 heavy (non-hydrogen) atoms. The Kier molecular flexibility index (Phi) is 5.71. The quantitative estimate of drug-likeness (QED) is 0.792. The molecule has 3 rings (SSSR count). The molecule has 6 nitrogen and oxygen atoms in total. The molecule has 1 heterocycles. The average molecular weight is 357 g/mol. The Morgan fingerprint density at radius 3 is 2.38 bits per heavy atom. The molecule has 1 aliphatic carbocycles. The molecule has 6 heteroatoms. The molecule has 2 N–H and O–H groups in total. The molecule has 3 amide bonds. The second-order valence-electron chi connectivity index (χ2n) is 7.53. The number of piperidine rings is 1. The van der Waals surface area contributed by atoms with E-state index >= 15 is 0 Å². The van der Waals surface area contributed by atoms with E-state index in [4.69, 9.17) is 0 Å². The molecule has 0 aromatic heterocycles. The Bertz CT molecular complexity index is 704. The van der Waals surface area contributed by atoms with Crippen LogP contribution in [0.25, 0.3) is 0 Å². The van der Waals surface area contributed by atoms with Crippen LogP contribution in [-0.2, 0) is 4.79 Å². The maximum absolute atomic E-state index is 12.8. The van der Waals surface area contributed by atoms with E-state index in [0.29, 0.717) is 13.1 Å². The molecule has 1 aromatic carbocycles. The van der Waals surface area contributed by atoms with Crippen molar-refractivity contribution in [1.82, 2.24) is 15.5 Å². The molecule has 1 saturated heterocycles. The molecule has 0 unspecified atom stereocenters. The van der Waals surface area contributed by atoms with Gasteiger partial charge in [-0.1, -0.05) is 23.8 Å². The standard InChI is InChI=1S/C20H27N3O3/c1-13-3-6-17(14(2)11-13)19(25)15-7-9-23(10-8-15)12-18(24)22-20(26)21-16-4-5-16/h3,6,11,15-16H,4-5,7-10,12H2,1-2H3,(H2,21,22,24,26). The van der Waals surface area contributed by atoms with Crippen molar-refractivity contribution in [3.05, 3.63) is 34.9 Å². The average Bonchev–Trinajstić information content (AvgIpc) is 3.38. The summed E-state index contributed by atoms with van der Waals surface area (Å²) in [6.45, 7) is 5.59. The maximum atomic E-state index is 12.8. The third-order valence-corrected chi connectivity index (χ3v) is 5.14. The van der Waals surface area contributed by atoms with E-state index in [0.717, 1.165) is 42.4 Å². The van der Waals surface area contributed by atoms with E-state index in [1.807, 2.05) is 36.9 Å². The van der Waals surface area contributed by atoms with Crippen LogP contribution in [-0.4, -0.2) is 48.3 Å². The largest absolute Gasteiger partial charge is 0.335 e. The number of ketones is 1. The van der Waals surface area contributed by atoms with Crippen LogP contribution in [0.15, 0.2) is 18.2 Å². The molecule has 0 radical (unpaired) electrons. The van der Waals surface area contributed by atoms with E-state index in [1.165, 1.54) is 0 Å². The van der Waals surface area contributed by atoms with E-state index in [2.05, 4.69) is 10.6 Å². The lowest BCUT2D eigenvalue weighted by Gasteiger charge is -2.30. The highest BCUT2D eigenvalue weighted by Crippen LogP contribution is 2.24.